The maximum absolute atomic E-state index is 15.0. The molecule has 0 atom stereocenters. The first-order chi connectivity index (χ1) is 19.4. The number of nitrogens with zero attached hydrogens (tertiary/aromatic N) is 4. The minimum atomic E-state index is -0.765. The van der Waals surface area contributed by atoms with E-state index in [1.54, 1.807) is 31.5 Å². The number of amides is 1. The number of nitrogens with two attached hydrogens (primary N) is 1. The van der Waals surface area contributed by atoms with Gasteiger partial charge in [-0.25, -0.2) is 13.8 Å². The lowest BCUT2D eigenvalue weighted by atomic mass is 9.99. The molecule has 0 saturated carbocycles. The lowest BCUT2D eigenvalue weighted by molar-refractivity contribution is -0.759. The van der Waals surface area contributed by atoms with Gasteiger partial charge in [0.15, 0.2) is 0 Å². The fourth-order valence-electron chi connectivity index (χ4n) is 4.47. The zero-order valence-electron chi connectivity index (χ0n) is 21.2. The lowest BCUT2D eigenvalue weighted by Gasteiger charge is -2.18. The van der Waals surface area contributed by atoms with Crippen LogP contribution < -0.4 is 25.6 Å². The molecule has 40 heavy (non-hydrogen) atoms. The number of hydrogen-bond donors (Lipinski definition) is 2. The van der Waals surface area contributed by atoms with E-state index in [0.29, 0.717) is 53.5 Å². The highest BCUT2D eigenvalue weighted by Gasteiger charge is 2.27. The van der Waals surface area contributed by atoms with Crippen LogP contribution in [-0.2, 0) is 4.74 Å². The monoisotopic (exact) mass is 565 g/mol. The minimum Gasteiger partial charge on any atom is -0.497 e. The molecule has 1 aliphatic rings. The molecular formula is C27H23F2N6O4S+. The Hall–Kier alpha value is -4.62. The smallest absolute Gasteiger partial charge is 0.306 e. The molecule has 6 rings (SSSR count). The number of nitrogen functional groups attached to an aromatic ring is 1. The van der Waals surface area contributed by atoms with Gasteiger partial charge >= 0.3 is 5.88 Å². The lowest BCUT2D eigenvalue weighted by Crippen LogP contribution is -2.62. The number of ether oxygens (including phenoxy) is 2. The van der Waals surface area contributed by atoms with E-state index in [1.807, 2.05) is 17.1 Å². The van der Waals surface area contributed by atoms with E-state index < -0.39 is 17.5 Å². The van der Waals surface area contributed by atoms with E-state index in [9.17, 15) is 9.18 Å². The summed E-state index contributed by atoms with van der Waals surface area (Å²) in [6.45, 7) is 2.36. The summed E-state index contributed by atoms with van der Waals surface area (Å²) in [5, 5.41) is 8.93. The van der Waals surface area contributed by atoms with Crippen LogP contribution in [0.3, 0.4) is 0 Å². The minimum absolute atomic E-state index is 0.116. The van der Waals surface area contributed by atoms with Crippen molar-refractivity contribution in [3.05, 3.63) is 71.2 Å². The molecule has 0 aliphatic carbocycles. The molecular weight excluding hydrogens is 542 g/mol. The Morgan fingerprint density at radius 2 is 1.90 bits per heavy atom. The number of hydrogen-bond acceptors (Lipinski definition) is 9. The quantitative estimate of drug-likeness (QED) is 0.297. The summed E-state index contributed by atoms with van der Waals surface area (Å²) < 4.78 is 44.6. The number of methoxy groups -OCH3 is 1. The average Bonchev–Trinajstić information content (AvgIpc) is 3.57. The number of nitrogens with one attached hydrogen (secondary N) is 1. The van der Waals surface area contributed by atoms with Crippen LogP contribution in [0.5, 0.6) is 5.75 Å². The standard InChI is InChI=1S/C27H22F2N6O4S/c1-37-17-5-2-15(3-6-17)21-13-19(18-7-4-16(28)12-20(18)29)23-24(30)25(40-27(23)31-21)26(36)32-22-14-35(33-39-22)34-8-10-38-11-9-34/h2-7,12-14H,8-11H2,1H3,(H2-,30,32,33,36)/p+1. The highest BCUT2D eigenvalue weighted by molar-refractivity contribution is 7.21. The number of anilines is 2. The third-order valence-corrected chi connectivity index (χ3v) is 7.58. The summed E-state index contributed by atoms with van der Waals surface area (Å²) in [7, 11) is 1.57. The first kappa shape index (κ1) is 25.6. The number of carbonyl (C=O) groups excluding carboxylic acids is 1. The fraction of sp³-hybridized carbons (Fsp3) is 0.185. The molecule has 1 fully saturated rings. The molecule has 5 aromatic rings. The van der Waals surface area contributed by atoms with Crippen molar-refractivity contribution in [2.45, 2.75) is 0 Å². The van der Waals surface area contributed by atoms with Gasteiger partial charge in [-0.1, -0.05) is 0 Å². The van der Waals surface area contributed by atoms with Gasteiger partial charge in [0, 0.05) is 22.6 Å². The number of benzene rings is 2. The molecule has 1 amide bonds. The zero-order valence-corrected chi connectivity index (χ0v) is 22.0. The second-order valence-electron chi connectivity index (χ2n) is 8.94. The molecule has 4 heterocycles. The predicted octanol–water partition coefficient (Wildman–Crippen LogP) is 4.00. The number of aromatic nitrogens is 3. The van der Waals surface area contributed by atoms with Crippen LogP contribution in [0.2, 0.25) is 0 Å². The van der Waals surface area contributed by atoms with Gasteiger partial charge in [-0.2, -0.15) is 0 Å². The zero-order chi connectivity index (χ0) is 27.8. The Labute approximate surface area is 230 Å². The molecule has 3 N–H and O–H groups in total. The van der Waals surface area contributed by atoms with Gasteiger partial charge in [0.25, 0.3) is 12.1 Å². The maximum Gasteiger partial charge on any atom is 0.306 e. The van der Waals surface area contributed by atoms with Gasteiger partial charge in [0.05, 0.1) is 49.6 Å². The highest BCUT2D eigenvalue weighted by atomic mass is 32.1. The van der Waals surface area contributed by atoms with Crippen LogP contribution in [0, 0.1) is 11.6 Å². The van der Waals surface area contributed by atoms with Crippen LogP contribution in [0.15, 0.2) is 59.3 Å². The Kier molecular flexibility index (Phi) is 6.74. The van der Waals surface area contributed by atoms with E-state index in [4.69, 9.17) is 24.7 Å². The molecule has 1 saturated heterocycles. The Morgan fingerprint density at radius 1 is 1.12 bits per heavy atom. The van der Waals surface area contributed by atoms with Gasteiger partial charge in [-0.05, 0) is 48.0 Å². The summed E-state index contributed by atoms with van der Waals surface area (Å²) >= 11 is 1.06. The number of halogens is 2. The predicted molar refractivity (Wildman–Crippen MR) is 145 cm³/mol. The molecule has 10 nitrogen and oxygen atoms in total. The molecule has 3 aromatic heterocycles. The molecule has 13 heteroatoms. The summed E-state index contributed by atoms with van der Waals surface area (Å²) in [5.74, 6) is -1.23. The van der Waals surface area contributed by atoms with Crippen molar-refractivity contribution in [1.82, 2.24) is 10.3 Å². The first-order valence-electron chi connectivity index (χ1n) is 12.3. The third kappa shape index (κ3) is 4.80. The largest absolute Gasteiger partial charge is 0.497 e. The van der Waals surface area contributed by atoms with Crippen LogP contribution in [-0.4, -0.2) is 49.6 Å². The van der Waals surface area contributed by atoms with Crippen molar-refractivity contribution in [2.75, 3.05) is 49.5 Å². The van der Waals surface area contributed by atoms with Crippen LogP contribution >= 0.6 is 11.3 Å². The van der Waals surface area contributed by atoms with Crippen molar-refractivity contribution >= 4 is 39.0 Å². The molecule has 2 aromatic carbocycles. The average molecular weight is 566 g/mol. The van der Waals surface area contributed by atoms with E-state index in [1.165, 1.54) is 16.9 Å². The van der Waals surface area contributed by atoms with Gasteiger partial charge in [-0.15, -0.1) is 16.3 Å². The summed E-state index contributed by atoms with van der Waals surface area (Å²) in [6, 6.07) is 12.2. The Morgan fingerprint density at radius 3 is 2.62 bits per heavy atom. The SMILES string of the molecule is COc1ccc(-c2cc(-c3ccc(F)cc3F)c3c(N)c(C(=O)Nc4c[n+](N5CCOCC5)no4)sc3n2)cc1. The van der Waals surface area contributed by atoms with Crippen LogP contribution in [0.25, 0.3) is 32.6 Å². The number of morpholine rings is 1. The summed E-state index contributed by atoms with van der Waals surface area (Å²) in [5.41, 5.74) is 8.36. The normalized spacial score (nSPS) is 13.5. The number of fused-ring (bicyclic) bond motifs is 1. The second kappa shape index (κ2) is 10.5. The van der Waals surface area contributed by atoms with Crippen molar-refractivity contribution < 1.29 is 32.4 Å². The molecule has 0 spiro atoms. The van der Waals surface area contributed by atoms with E-state index in [-0.39, 0.29) is 22.0 Å². The van der Waals surface area contributed by atoms with E-state index in [2.05, 4.69) is 10.6 Å². The number of carbonyl (C=O) groups is 1. The van der Waals surface area contributed by atoms with E-state index >= 15 is 4.39 Å². The molecule has 204 valence electrons. The fourth-order valence-corrected chi connectivity index (χ4v) is 5.49. The summed E-state index contributed by atoms with van der Waals surface area (Å²) in [4.78, 5) is 20.1. The highest BCUT2D eigenvalue weighted by Crippen LogP contribution is 2.42. The second-order valence-corrected chi connectivity index (χ2v) is 9.94. The van der Waals surface area contributed by atoms with Gasteiger partial charge in [0.2, 0.25) is 5.27 Å². The van der Waals surface area contributed by atoms with Crippen molar-refractivity contribution in [2.24, 2.45) is 0 Å². The summed E-state index contributed by atoms with van der Waals surface area (Å²) in [6.07, 6.45) is 1.55. The van der Waals surface area contributed by atoms with Gasteiger partial charge in [0.1, 0.15) is 27.1 Å². The molecule has 0 bridgehead atoms. The third-order valence-electron chi connectivity index (χ3n) is 6.48. The number of rotatable bonds is 6. The Balaban J connectivity index is 1.41. The van der Waals surface area contributed by atoms with Gasteiger partial charge < -0.3 is 15.2 Å². The van der Waals surface area contributed by atoms with Crippen molar-refractivity contribution in [3.8, 4) is 28.1 Å². The van der Waals surface area contributed by atoms with Gasteiger partial charge in [-0.3, -0.25) is 14.6 Å². The Bertz CT molecular complexity index is 1720. The molecule has 1 aliphatic heterocycles. The number of pyridine rings is 1. The molecule has 0 radical (unpaired) electrons. The molecule has 0 unspecified atom stereocenters. The van der Waals surface area contributed by atoms with Crippen molar-refractivity contribution in [1.29, 1.82) is 0 Å². The number of thiophene rings is 1. The van der Waals surface area contributed by atoms with Crippen molar-refractivity contribution in [3.63, 3.8) is 0 Å². The maximum atomic E-state index is 15.0. The van der Waals surface area contributed by atoms with Crippen LogP contribution in [0.4, 0.5) is 20.4 Å². The van der Waals surface area contributed by atoms with E-state index in [0.717, 1.165) is 23.0 Å². The van der Waals surface area contributed by atoms with Crippen LogP contribution in [0.1, 0.15) is 9.67 Å². The first-order valence-corrected chi connectivity index (χ1v) is 13.1. The topological polar surface area (TPSA) is 120 Å².